The highest BCUT2D eigenvalue weighted by atomic mass is 79.9. The van der Waals surface area contributed by atoms with Gasteiger partial charge in [-0.1, -0.05) is 0 Å². The number of nitrogens with one attached hydrogen (secondary N) is 1. The Morgan fingerprint density at radius 2 is 2.23 bits per heavy atom. The van der Waals surface area contributed by atoms with Gasteiger partial charge in [0.25, 0.3) is 5.69 Å². The number of ether oxygens (including phenoxy) is 1. The molecule has 0 aliphatic carbocycles. The van der Waals surface area contributed by atoms with E-state index in [2.05, 4.69) is 26.3 Å². The second-order valence-electron chi connectivity index (χ2n) is 4.46. The van der Waals surface area contributed by atoms with Gasteiger partial charge in [0, 0.05) is 12.1 Å². The number of hydrogen-bond donors (Lipinski definition) is 1. The van der Waals surface area contributed by atoms with Crippen LogP contribution in [0, 0.1) is 17.0 Å². The zero-order chi connectivity index (χ0) is 16.3. The lowest BCUT2D eigenvalue weighted by Crippen LogP contribution is -2.20. The minimum atomic E-state index is -0.549. The Labute approximate surface area is 134 Å². The van der Waals surface area contributed by atoms with Crippen LogP contribution in [-0.2, 0) is 11.3 Å². The van der Waals surface area contributed by atoms with Gasteiger partial charge in [0.2, 0.25) is 5.91 Å². The predicted octanol–water partition coefficient (Wildman–Crippen LogP) is 2.51. The molecular formula is C13H13BrN4O4. The maximum Gasteiger partial charge on any atom is 0.275 e. The molecule has 0 unspecified atom stereocenters. The lowest BCUT2D eigenvalue weighted by molar-refractivity contribution is -0.384. The monoisotopic (exact) mass is 368 g/mol. The fourth-order valence-electron chi connectivity index (χ4n) is 1.80. The summed E-state index contributed by atoms with van der Waals surface area (Å²) < 4.78 is 7.31. The van der Waals surface area contributed by atoms with Crippen LogP contribution in [0.5, 0.6) is 5.75 Å². The lowest BCUT2D eigenvalue weighted by Gasteiger charge is -2.08. The van der Waals surface area contributed by atoms with Crippen LogP contribution >= 0.6 is 15.9 Å². The summed E-state index contributed by atoms with van der Waals surface area (Å²) in [6, 6.07) is 4.06. The molecule has 8 nitrogen and oxygen atoms in total. The average molecular weight is 369 g/mol. The molecule has 0 saturated heterocycles. The molecule has 0 aliphatic rings. The van der Waals surface area contributed by atoms with Gasteiger partial charge in [0.05, 0.1) is 40.2 Å². The van der Waals surface area contributed by atoms with E-state index in [0.29, 0.717) is 11.4 Å². The quantitative estimate of drug-likeness (QED) is 0.645. The number of anilines is 1. The number of methoxy groups -OCH3 is 1. The molecule has 1 aromatic heterocycles. The number of benzene rings is 1. The van der Waals surface area contributed by atoms with Crippen LogP contribution in [-0.4, -0.2) is 27.7 Å². The van der Waals surface area contributed by atoms with E-state index in [1.807, 2.05) is 6.92 Å². The van der Waals surface area contributed by atoms with Crippen molar-refractivity contribution in [3.63, 3.8) is 0 Å². The van der Waals surface area contributed by atoms with Crippen molar-refractivity contribution >= 4 is 33.2 Å². The fourth-order valence-corrected chi connectivity index (χ4v) is 2.09. The summed E-state index contributed by atoms with van der Waals surface area (Å²) in [5.41, 5.74) is 0.944. The molecule has 1 heterocycles. The minimum Gasteiger partial charge on any atom is -0.496 e. The van der Waals surface area contributed by atoms with Crippen LogP contribution in [0.1, 0.15) is 5.69 Å². The number of carbonyl (C=O) groups excluding carboxylic acids is 1. The Balaban J connectivity index is 2.15. The third-order valence-electron chi connectivity index (χ3n) is 2.96. The lowest BCUT2D eigenvalue weighted by atomic mass is 10.2. The van der Waals surface area contributed by atoms with Crippen molar-refractivity contribution in [1.82, 2.24) is 9.78 Å². The van der Waals surface area contributed by atoms with E-state index in [1.54, 1.807) is 6.20 Å². The maximum absolute atomic E-state index is 12.0. The molecule has 1 amide bonds. The van der Waals surface area contributed by atoms with Gasteiger partial charge in [0.15, 0.2) is 0 Å². The summed E-state index contributed by atoms with van der Waals surface area (Å²) in [6.07, 6.45) is 1.60. The van der Waals surface area contributed by atoms with Crippen molar-refractivity contribution in [3.8, 4) is 5.75 Å². The number of aromatic nitrogens is 2. The van der Waals surface area contributed by atoms with Crippen LogP contribution < -0.4 is 10.1 Å². The molecule has 116 valence electrons. The normalized spacial score (nSPS) is 10.3. The van der Waals surface area contributed by atoms with E-state index in [0.717, 1.165) is 10.2 Å². The Morgan fingerprint density at radius 1 is 1.50 bits per heavy atom. The summed E-state index contributed by atoms with van der Waals surface area (Å²) in [4.78, 5) is 22.3. The molecule has 9 heteroatoms. The van der Waals surface area contributed by atoms with Crippen molar-refractivity contribution in [2.75, 3.05) is 12.4 Å². The molecule has 0 fully saturated rings. The Bertz CT molecular complexity index is 729. The third kappa shape index (κ3) is 3.61. The molecule has 0 atom stereocenters. The van der Waals surface area contributed by atoms with Gasteiger partial charge in [-0.2, -0.15) is 5.10 Å². The molecule has 0 aliphatic heterocycles. The first-order valence-corrected chi connectivity index (χ1v) is 7.01. The average Bonchev–Trinajstić information content (AvgIpc) is 2.78. The molecular weight excluding hydrogens is 356 g/mol. The summed E-state index contributed by atoms with van der Waals surface area (Å²) in [7, 11) is 1.40. The number of non-ortho nitro benzene ring substituents is 1. The Morgan fingerprint density at radius 3 is 2.77 bits per heavy atom. The van der Waals surface area contributed by atoms with Crippen LogP contribution in [0.3, 0.4) is 0 Å². The SMILES string of the molecule is COc1cc(NC(=O)Cn2ncc(Br)c2C)cc([N+](=O)[O-])c1. The number of rotatable bonds is 5. The Hall–Kier alpha value is -2.42. The molecule has 0 saturated carbocycles. The molecule has 2 aromatic rings. The van der Waals surface area contributed by atoms with Crippen LogP contribution in [0.4, 0.5) is 11.4 Å². The predicted molar refractivity (Wildman–Crippen MR) is 82.9 cm³/mol. The van der Waals surface area contributed by atoms with Crippen LogP contribution in [0.25, 0.3) is 0 Å². The topological polar surface area (TPSA) is 99.3 Å². The zero-order valence-electron chi connectivity index (χ0n) is 11.9. The van der Waals surface area contributed by atoms with Gasteiger partial charge in [-0.3, -0.25) is 19.6 Å². The molecule has 1 N–H and O–H groups in total. The van der Waals surface area contributed by atoms with Crippen LogP contribution in [0.15, 0.2) is 28.9 Å². The highest BCUT2D eigenvalue weighted by Crippen LogP contribution is 2.25. The molecule has 1 aromatic carbocycles. The van der Waals surface area contributed by atoms with Crippen LogP contribution in [0.2, 0.25) is 0 Å². The summed E-state index contributed by atoms with van der Waals surface area (Å²) in [6.45, 7) is 1.82. The number of nitro benzene ring substituents is 1. The number of nitro groups is 1. The first-order chi connectivity index (χ1) is 10.4. The van der Waals surface area contributed by atoms with E-state index < -0.39 is 4.92 Å². The summed E-state index contributed by atoms with van der Waals surface area (Å²) >= 11 is 3.31. The summed E-state index contributed by atoms with van der Waals surface area (Å²) in [5, 5.41) is 17.5. The van der Waals surface area contributed by atoms with Crippen molar-refractivity contribution in [3.05, 3.63) is 44.7 Å². The molecule has 0 radical (unpaired) electrons. The first-order valence-electron chi connectivity index (χ1n) is 6.22. The first kappa shape index (κ1) is 16.0. The van der Waals surface area contributed by atoms with E-state index in [-0.39, 0.29) is 18.1 Å². The van der Waals surface area contributed by atoms with Gasteiger partial charge in [-0.05, 0) is 22.9 Å². The van der Waals surface area contributed by atoms with Crippen molar-refractivity contribution < 1.29 is 14.5 Å². The van der Waals surface area contributed by atoms with Gasteiger partial charge in [0.1, 0.15) is 12.3 Å². The van der Waals surface area contributed by atoms with E-state index >= 15 is 0 Å². The fraction of sp³-hybridized carbons (Fsp3) is 0.231. The molecule has 0 spiro atoms. The number of amides is 1. The van der Waals surface area contributed by atoms with Gasteiger partial charge < -0.3 is 10.1 Å². The maximum atomic E-state index is 12.0. The number of nitrogens with zero attached hydrogens (tertiary/aromatic N) is 3. The smallest absolute Gasteiger partial charge is 0.275 e. The largest absolute Gasteiger partial charge is 0.496 e. The molecule has 22 heavy (non-hydrogen) atoms. The minimum absolute atomic E-state index is 0.00242. The van der Waals surface area contributed by atoms with Gasteiger partial charge in [-0.15, -0.1) is 0 Å². The standard InChI is InChI=1S/C13H13BrN4O4/c1-8-12(14)6-15-17(8)7-13(19)16-9-3-10(18(20)21)5-11(4-9)22-2/h3-6H,7H2,1-2H3,(H,16,19). The third-order valence-corrected chi connectivity index (χ3v) is 3.74. The van der Waals surface area contributed by atoms with Crippen molar-refractivity contribution in [2.24, 2.45) is 0 Å². The number of hydrogen-bond acceptors (Lipinski definition) is 5. The Kier molecular flexibility index (Phi) is 4.76. The second kappa shape index (κ2) is 6.56. The van der Waals surface area contributed by atoms with Gasteiger partial charge >= 0.3 is 0 Å². The molecule has 0 bridgehead atoms. The van der Waals surface area contributed by atoms with Gasteiger partial charge in [-0.25, -0.2) is 0 Å². The van der Waals surface area contributed by atoms with E-state index in [1.165, 1.54) is 30.0 Å². The number of carbonyl (C=O) groups is 1. The second-order valence-corrected chi connectivity index (χ2v) is 5.31. The number of halogens is 1. The van der Waals surface area contributed by atoms with E-state index in [9.17, 15) is 14.9 Å². The molecule has 2 rings (SSSR count). The highest BCUT2D eigenvalue weighted by Gasteiger charge is 2.13. The van der Waals surface area contributed by atoms with E-state index in [4.69, 9.17) is 4.74 Å². The summed E-state index contributed by atoms with van der Waals surface area (Å²) in [5.74, 6) is -0.0521. The highest BCUT2D eigenvalue weighted by molar-refractivity contribution is 9.10. The van der Waals surface area contributed by atoms with Crippen molar-refractivity contribution in [2.45, 2.75) is 13.5 Å². The zero-order valence-corrected chi connectivity index (χ0v) is 13.5. The van der Waals surface area contributed by atoms with Crippen molar-refractivity contribution in [1.29, 1.82) is 0 Å².